The number of hydrogen-bond acceptors (Lipinski definition) is 2. The van der Waals surface area contributed by atoms with Crippen LogP contribution in [0.2, 0.25) is 0 Å². The minimum atomic E-state index is 1.00. The molecule has 3 aromatic rings. The van der Waals surface area contributed by atoms with E-state index in [0.717, 1.165) is 19.3 Å². The molecule has 0 spiro atoms. The van der Waals surface area contributed by atoms with Crippen molar-refractivity contribution >= 4 is 16.5 Å². The first-order valence-corrected chi connectivity index (χ1v) is 10.5. The smallest absolute Gasteiger partial charge is 0.0432 e. The molecule has 1 saturated heterocycles. The molecule has 0 aliphatic carbocycles. The van der Waals surface area contributed by atoms with Gasteiger partial charge in [-0.2, -0.15) is 0 Å². The molecule has 0 N–H and O–H groups in total. The Morgan fingerprint density at radius 2 is 1.67 bits per heavy atom. The maximum atomic E-state index is 4.82. The van der Waals surface area contributed by atoms with Crippen LogP contribution in [0.5, 0.6) is 0 Å². The molecule has 2 heterocycles. The van der Waals surface area contributed by atoms with E-state index in [1.54, 1.807) is 0 Å². The van der Waals surface area contributed by atoms with E-state index < -0.39 is 0 Å². The fourth-order valence-electron chi connectivity index (χ4n) is 4.32. The molecule has 140 valence electrons. The van der Waals surface area contributed by atoms with Crippen LogP contribution in [0.25, 0.3) is 10.8 Å². The van der Waals surface area contributed by atoms with Crippen molar-refractivity contribution in [1.29, 1.82) is 0 Å². The van der Waals surface area contributed by atoms with Gasteiger partial charge in [-0.1, -0.05) is 55.8 Å². The van der Waals surface area contributed by atoms with E-state index >= 15 is 0 Å². The quantitative estimate of drug-likeness (QED) is 0.540. The van der Waals surface area contributed by atoms with Crippen LogP contribution in [0.3, 0.4) is 0 Å². The largest absolute Gasteiger partial charge is 0.371 e. The summed E-state index contributed by atoms with van der Waals surface area (Å²) in [7, 11) is 0. The van der Waals surface area contributed by atoms with E-state index in [4.69, 9.17) is 4.98 Å². The van der Waals surface area contributed by atoms with Crippen molar-refractivity contribution in [3.05, 3.63) is 71.5 Å². The second-order valence-electron chi connectivity index (χ2n) is 7.74. The van der Waals surface area contributed by atoms with Crippen LogP contribution in [-0.2, 0) is 19.3 Å². The third kappa shape index (κ3) is 4.16. The Labute approximate surface area is 163 Å². The van der Waals surface area contributed by atoms with Crippen LogP contribution in [-0.4, -0.2) is 18.1 Å². The van der Waals surface area contributed by atoms with E-state index in [2.05, 4.69) is 66.6 Å². The van der Waals surface area contributed by atoms with Gasteiger partial charge < -0.3 is 4.90 Å². The van der Waals surface area contributed by atoms with Crippen molar-refractivity contribution in [3.8, 4) is 0 Å². The molecule has 4 rings (SSSR count). The summed E-state index contributed by atoms with van der Waals surface area (Å²) >= 11 is 0. The van der Waals surface area contributed by atoms with Gasteiger partial charge in [-0.25, -0.2) is 0 Å². The zero-order chi connectivity index (χ0) is 18.5. The van der Waals surface area contributed by atoms with Gasteiger partial charge in [0.15, 0.2) is 0 Å². The Balaban J connectivity index is 1.56. The number of pyridine rings is 1. The van der Waals surface area contributed by atoms with Gasteiger partial charge in [0.2, 0.25) is 0 Å². The van der Waals surface area contributed by atoms with Crippen LogP contribution in [0, 0.1) is 0 Å². The van der Waals surface area contributed by atoms with Gasteiger partial charge in [0, 0.05) is 30.7 Å². The minimum absolute atomic E-state index is 1.00. The van der Waals surface area contributed by atoms with Crippen molar-refractivity contribution in [2.75, 3.05) is 18.0 Å². The molecule has 1 aliphatic heterocycles. The van der Waals surface area contributed by atoms with Crippen LogP contribution in [0.4, 0.5) is 5.69 Å². The third-order valence-corrected chi connectivity index (χ3v) is 5.77. The molecule has 1 aromatic heterocycles. The van der Waals surface area contributed by atoms with Gasteiger partial charge in [-0.05, 0) is 66.5 Å². The standard InChI is InChI=1S/C25H30N2/c1-2-9-22-19-26-23(18-25(22)27-16-6-3-7-17-27)15-14-21-12-8-11-20-10-4-5-13-24(20)21/h4-5,8,10-13,18-19H,2-3,6-7,9,14-17H2,1H3. The van der Waals surface area contributed by atoms with E-state index in [9.17, 15) is 0 Å². The molecule has 1 fully saturated rings. The molecule has 27 heavy (non-hydrogen) atoms. The fraction of sp³-hybridized carbons (Fsp3) is 0.400. The lowest BCUT2D eigenvalue weighted by Gasteiger charge is -2.31. The summed E-state index contributed by atoms with van der Waals surface area (Å²) in [4.78, 5) is 7.42. The van der Waals surface area contributed by atoms with Gasteiger partial charge in [-0.3, -0.25) is 4.98 Å². The maximum Gasteiger partial charge on any atom is 0.0432 e. The SMILES string of the molecule is CCCc1cnc(CCc2cccc3ccccc23)cc1N1CCCCC1. The average Bonchev–Trinajstić information content (AvgIpc) is 2.74. The first-order valence-electron chi connectivity index (χ1n) is 10.5. The van der Waals surface area contributed by atoms with Crippen molar-refractivity contribution in [1.82, 2.24) is 4.98 Å². The summed E-state index contributed by atoms with van der Waals surface area (Å²) in [6, 6.07) is 17.7. The third-order valence-electron chi connectivity index (χ3n) is 5.77. The number of anilines is 1. The molecule has 0 unspecified atom stereocenters. The van der Waals surface area contributed by atoms with Crippen LogP contribution in [0.15, 0.2) is 54.7 Å². The Hall–Kier alpha value is -2.35. The first kappa shape index (κ1) is 18.0. The summed E-state index contributed by atoms with van der Waals surface area (Å²) in [6.07, 6.45) is 10.5. The molecule has 2 heteroatoms. The van der Waals surface area contributed by atoms with Gasteiger partial charge >= 0.3 is 0 Å². The van der Waals surface area contributed by atoms with Crippen molar-refractivity contribution in [2.24, 2.45) is 0 Å². The Bertz CT molecular complexity index is 888. The number of piperidine rings is 1. The zero-order valence-corrected chi connectivity index (χ0v) is 16.5. The number of aromatic nitrogens is 1. The molecule has 0 radical (unpaired) electrons. The average molecular weight is 359 g/mol. The van der Waals surface area contributed by atoms with Crippen molar-refractivity contribution in [2.45, 2.75) is 51.9 Å². The second kappa shape index (κ2) is 8.56. The number of rotatable bonds is 6. The van der Waals surface area contributed by atoms with Crippen LogP contribution < -0.4 is 4.90 Å². The predicted octanol–water partition coefficient (Wildman–Crippen LogP) is 5.96. The summed E-state index contributed by atoms with van der Waals surface area (Å²) in [6.45, 7) is 4.65. The lowest BCUT2D eigenvalue weighted by atomic mass is 9.99. The van der Waals surface area contributed by atoms with Gasteiger partial charge in [0.05, 0.1) is 0 Å². The van der Waals surface area contributed by atoms with Crippen molar-refractivity contribution < 1.29 is 0 Å². The first-order chi connectivity index (χ1) is 13.3. The Kier molecular flexibility index (Phi) is 5.72. The molecule has 0 saturated carbocycles. The lowest BCUT2D eigenvalue weighted by Crippen LogP contribution is -2.30. The maximum absolute atomic E-state index is 4.82. The number of fused-ring (bicyclic) bond motifs is 1. The highest BCUT2D eigenvalue weighted by Gasteiger charge is 2.15. The van der Waals surface area contributed by atoms with Crippen molar-refractivity contribution in [3.63, 3.8) is 0 Å². The second-order valence-corrected chi connectivity index (χ2v) is 7.74. The Morgan fingerprint density at radius 1 is 0.852 bits per heavy atom. The van der Waals surface area contributed by atoms with E-state index in [-0.39, 0.29) is 0 Å². The van der Waals surface area contributed by atoms with Gasteiger partial charge in [0.25, 0.3) is 0 Å². The molecule has 2 nitrogen and oxygen atoms in total. The minimum Gasteiger partial charge on any atom is -0.371 e. The molecule has 0 bridgehead atoms. The molecular formula is C25H30N2. The topological polar surface area (TPSA) is 16.1 Å². The summed E-state index contributed by atoms with van der Waals surface area (Å²) < 4.78 is 0. The van der Waals surface area contributed by atoms with E-state index in [1.165, 1.54) is 72.1 Å². The molecule has 0 amide bonds. The Morgan fingerprint density at radius 3 is 2.52 bits per heavy atom. The summed E-state index contributed by atoms with van der Waals surface area (Å²) in [5, 5.41) is 2.70. The molecule has 2 aromatic carbocycles. The van der Waals surface area contributed by atoms with E-state index in [1.807, 2.05) is 0 Å². The highest BCUT2D eigenvalue weighted by Crippen LogP contribution is 2.27. The summed E-state index contributed by atoms with van der Waals surface area (Å²) in [5.74, 6) is 0. The van der Waals surface area contributed by atoms with Crippen LogP contribution >= 0.6 is 0 Å². The number of nitrogens with zero attached hydrogens (tertiary/aromatic N) is 2. The predicted molar refractivity (Wildman–Crippen MR) is 116 cm³/mol. The highest BCUT2D eigenvalue weighted by atomic mass is 15.1. The zero-order valence-electron chi connectivity index (χ0n) is 16.5. The molecular weight excluding hydrogens is 328 g/mol. The number of benzene rings is 2. The fourth-order valence-corrected chi connectivity index (χ4v) is 4.32. The number of aryl methyl sites for hydroxylation is 3. The normalized spacial score (nSPS) is 14.6. The number of hydrogen-bond donors (Lipinski definition) is 0. The van der Waals surface area contributed by atoms with Gasteiger partial charge in [-0.15, -0.1) is 0 Å². The van der Waals surface area contributed by atoms with Gasteiger partial charge in [0.1, 0.15) is 0 Å². The van der Waals surface area contributed by atoms with Crippen LogP contribution in [0.1, 0.15) is 49.4 Å². The van der Waals surface area contributed by atoms with E-state index in [0.29, 0.717) is 0 Å². The lowest BCUT2D eigenvalue weighted by molar-refractivity contribution is 0.575. The molecule has 1 aliphatic rings. The highest BCUT2D eigenvalue weighted by molar-refractivity contribution is 5.85. The molecule has 0 atom stereocenters. The monoisotopic (exact) mass is 358 g/mol. The summed E-state index contributed by atoms with van der Waals surface area (Å²) in [5.41, 5.74) is 5.52.